The molecule has 0 spiro atoms. The predicted molar refractivity (Wildman–Crippen MR) is 59.3 cm³/mol. The first-order valence-corrected chi connectivity index (χ1v) is 6.47. The molecule has 0 atom stereocenters. The third-order valence-corrected chi connectivity index (χ3v) is 3.78. The lowest BCUT2D eigenvalue weighted by Crippen LogP contribution is -2.13. The zero-order valence-corrected chi connectivity index (χ0v) is 9.79. The Morgan fingerprint density at radius 2 is 2.18 bits per heavy atom. The Morgan fingerprint density at radius 3 is 2.76 bits per heavy atom. The van der Waals surface area contributed by atoms with Crippen molar-refractivity contribution < 1.29 is 12.8 Å². The summed E-state index contributed by atoms with van der Waals surface area (Å²) in [5.74, 6) is -0.679. The highest BCUT2D eigenvalue weighted by Crippen LogP contribution is 2.19. The highest BCUT2D eigenvalue weighted by molar-refractivity contribution is 7.93. The van der Waals surface area contributed by atoms with Crippen molar-refractivity contribution in [1.82, 2.24) is 14.8 Å². The van der Waals surface area contributed by atoms with Crippen LogP contribution < -0.4 is 10.5 Å². The van der Waals surface area contributed by atoms with Gasteiger partial charge in [0, 0.05) is 11.5 Å². The summed E-state index contributed by atoms with van der Waals surface area (Å²) in [5, 5.41) is 6.69. The predicted octanol–water partition coefficient (Wildman–Crippen LogP) is 0.455. The van der Waals surface area contributed by atoms with Gasteiger partial charge in [-0.25, -0.2) is 12.8 Å². The SMILES string of the molecule is Nc1cc(S(=O)(=O)Nc2nnns2)ccc1F. The third-order valence-electron chi connectivity index (χ3n) is 1.80. The van der Waals surface area contributed by atoms with Gasteiger partial charge in [0.15, 0.2) is 0 Å². The first kappa shape index (κ1) is 11.7. The van der Waals surface area contributed by atoms with Gasteiger partial charge in [0.2, 0.25) is 5.13 Å². The Bertz CT molecular complexity index is 628. The van der Waals surface area contributed by atoms with Crippen LogP contribution in [-0.4, -0.2) is 23.2 Å². The molecule has 90 valence electrons. The molecule has 0 bridgehead atoms. The van der Waals surface area contributed by atoms with Crippen molar-refractivity contribution in [2.75, 3.05) is 10.5 Å². The number of benzene rings is 1. The van der Waals surface area contributed by atoms with E-state index in [9.17, 15) is 12.8 Å². The van der Waals surface area contributed by atoms with Gasteiger partial charge in [-0.1, -0.05) is 9.59 Å². The summed E-state index contributed by atoms with van der Waals surface area (Å²) in [6.07, 6.45) is 0. The van der Waals surface area contributed by atoms with Crippen LogP contribution in [0.25, 0.3) is 0 Å². The molecular formula is C7H6FN5O2S2. The first-order chi connectivity index (χ1) is 7.99. The fraction of sp³-hybridized carbons (Fsp3) is 0. The maximum atomic E-state index is 12.9. The van der Waals surface area contributed by atoms with Gasteiger partial charge < -0.3 is 5.73 Å². The van der Waals surface area contributed by atoms with E-state index in [4.69, 9.17) is 5.73 Å². The van der Waals surface area contributed by atoms with Crippen molar-refractivity contribution >= 4 is 32.4 Å². The molecule has 7 nitrogen and oxygen atoms in total. The third kappa shape index (κ3) is 2.47. The molecule has 1 aromatic heterocycles. The van der Waals surface area contributed by atoms with E-state index in [1.807, 2.05) is 0 Å². The molecule has 0 radical (unpaired) electrons. The molecule has 1 heterocycles. The minimum Gasteiger partial charge on any atom is -0.396 e. The summed E-state index contributed by atoms with van der Waals surface area (Å²) in [5.41, 5.74) is 5.04. The molecule has 0 unspecified atom stereocenters. The molecule has 0 saturated heterocycles. The second-order valence-corrected chi connectivity index (χ2v) is 5.37. The minimum absolute atomic E-state index is 0.0212. The largest absolute Gasteiger partial charge is 0.396 e. The van der Waals surface area contributed by atoms with Gasteiger partial charge in [0.25, 0.3) is 10.0 Å². The molecule has 1 aromatic carbocycles. The molecule has 2 aromatic rings. The van der Waals surface area contributed by atoms with Gasteiger partial charge in [-0.05, 0) is 23.4 Å². The molecule has 0 amide bonds. The molecule has 0 aliphatic heterocycles. The van der Waals surface area contributed by atoms with Crippen LogP contribution in [0.4, 0.5) is 15.2 Å². The fourth-order valence-corrected chi connectivity index (χ4v) is 2.66. The molecule has 3 N–H and O–H groups in total. The number of nitrogens with one attached hydrogen (secondary N) is 1. The summed E-state index contributed by atoms with van der Waals surface area (Å²) < 4.78 is 42.0. The van der Waals surface area contributed by atoms with E-state index in [-0.39, 0.29) is 15.7 Å². The molecule has 0 aliphatic rings. The van der Waals surface area contributed by atoms with E-state index >= 15 is 0 Å². The molecular weight excluding hydrogens is 269 g/mol. The van der Waals surface area contributed by atoms with E-state index in [2.05, 4.69) is 19.5 Å². The van der Waals surface area contributed by atoms with Crippen molar-refractivity contribution in [1.29, 1.82) is 0 Å². The Hall–Kier alpha value is -1.81. The summed E-state index contributed by atoms with van der Waals surface area (Å²) in [6.45, 7) is 0. The van der Waals surface area contributed by atoms with Gasteiger partial charge in [-0.3, -0.25) is 4.72 Å². The summed E-state index contributed by atoms with van der Waals surface area (Å²) >= 11 is 0.784. The Morgan fingerprint density at radius 1 is 1.41 bits per heavy atom. The second-order valence-electron chi connectivity index (χ2n) is 2.96. The zero-order chi connectivity index (χ0) is 12.5. The summed E-state index contributed by atoms with van der Waals surface area (Å²) in [7, 11) is -3.85. The van der Waals surface area contributed by atoms with Gasteiger partial charge in [-0.15, -0.1) is 0 Å². The maximum Gasteiger partial charge on any atom is 0.263 e. The van der Waals surface area contributed by atoms with Crippen LogP contribution in [0.15, 0.2) is 23.1 Å². The minimum atomic E-state index is -3.85. The van der Waals surface area contributed by atoms with E-state index in [0.29, 0.717) is 0 Å². The van der Waals surface area contributed by atoms with Gasteiger partial charge >= 0.3 is 0 Å². The van der Waals surface area contributed by atoms with Crippen LogP contribution in [0, 0.1) is 5.82 Å². The highest BCUT2D eigenvalue weighted by Gasteiger charge is 2.17. The lowest BCUT2D eigenvalue weighted by Gasteiger charge is -2.05. The van der Waals surface area contributed by atoms with Crippen LogP contribution in [0.5, 0.6) is 0 Å². The van der Waals surface area contributed by atoms with E-state index in [1.54, 1.807) is 0 Å². The average Bonchev–Trinajstić information content (AvgIpc) is 2.73. The monoisotopic (exact) mass is 275 g/mol. The molecule has 10 heteroatoms. The normalized spacial score (nSPS) is 11.4. The number of anilines is 2. The van der Waals surface area contributed by atoms with Crippen molar-refractivity contribution in [3.63, 3.8) is 0 Å². The smallest absolute Gasteiger partial charge is 0.263 e. The van der Waals surface area contributed by atoms with Crippen LogP contribution in [-0.2, 0) is 10.0 Å². The average molecular weight is 275 g/mol. The molecule has 0 fully saturated rings. The quantitative estimate of drug-likeness (QED) is 0.787. The van der Waals surface area contributed by atoms with Crippen LogP contribution in [0.1, 0.15) is 0 Å². The number of sulfonamides is 1. The number of hydrogen-bond acceptors (Lipinski definition) is 7. The number of nitrogen functional groups attached to an aromatic ring is 1. The lowest BCUT2D eigenvalue weighted by atomic mass is 10.3. The zero-order valence-electron chi connectivity index (χ0n) is 8.16. The fourth-order valence-electron chi connectivity index (χ4n) is 1.04. The topological polar surface area (TPSA) is 111 Å². The summed E-state index contributed by atoms with van der Waals surface area (Å²) in [4.78, 5) is -0.161. The number of nitrogens with zero attached hydrogens (tertiary/aromatic N) is 3. The molecule has 0 saturated carbocycles. The molecule has 17 heavy (non-hydrogen) atoms. The Balaban J connectivity index is 2.35. The number of rotatable bonds is 3. The van der Waals surface area contributed by atoms with E-state index in [1.165, 1.54) is 0 Å². The van der Waals surface area contributed by atoms with Gasteiger partial charge in [-0.2, -0.15) is 0 Å². The number of aromatic nitrogens is 3. The van der Waals surface area contributed by atoms with Crippen molar-refractivity contribution in [3.8, 4) is 0 Å². The van der Waals surface area contributed by atoms with E-state index < -0.39 is 15.8 Å². The summed E-state index contributed by atoms with van der Waals surface area (Å²) in [6, 6.07) is 3.09. The molecule has 0 aliphatic carbocycles. The van der Waals surface area contributed by atoms with Gasteiger partial charge in [0.1, 0.15) is 5.82 Å². The van der Waals surface area contributed by atoms with Crippen molar-refractivity contribution in [2.45, 2.75) is 4.90 Å². The maximum absolute atomic E-state index is 12.9. The first-order valence-electron chi connectivity index (χ1n) is 4.22. The lowest BCUT2D eigenvalue weighted by molar-refractivity contribution is 0.600. The number of halogens is 1. The number of nitrogens with two attached hydrogens (primary N) is 1. The standard InChI is InChI=1S/C7H6FN5O2S2/c8-5-2-1-4(3-6(5)9)17(14,15)11-7-10-12-13-16-7/h1-3H,9H2,(H,10,11,13). The second kappa shape index (κ2) is 4.22. The van der Waals surface area contributed by atoms with Crippen molar-refractivity contribution in [3.05, 3.63) is 24.0 Å². The van der Waals surface area contributed by atoms with Crippen molar-refractivity contribution in [2.24, 2.45) is 0 Å². The highest BCUT2D eigenvalue weighted by atomic mass is 32.2. The number of hydrogen-bond donors (Lipinski definition) is 2. The van der Waals surface area contributed by atoms with Crippen LogP contribution >= 0.6 is 11.5 Å². The van der Waals surface area contributed by atoms with E-state index in [0.717, 1.165) is 29.7 Å². The van der Waals surface area contributed by atoms with Crippen LogP contribution in [0.2, 0.25) is 0 Å². The Labute approximate surface area is 99.7 Å². The molecule has 2 rings (SSSR count). The van der Waals surface area contributed by atoms with Crippen LogP contribution in [0.3, 0.4) is 0 Å². The van der Waals surface area contributed by atoms with Gasteiger partial charge in [0.05, 0.1) is 10.6 Å². The Kier molecular flexibility index (Phi) is 2.90.